The van der Waals surface area contributed by atoms with Crippen LogP contribution in [0.1, 0.15) is 5.56 Å². The van der Waals surface area contributed by atoms with E-state index in [1.807, 2.05) is 0 Å². The molecular formula is C17H17BrFN3O4S. The van der Waals surface area contributed by atoms with Crippen LogP contribution >= 0.6 is 15.9 Å². The molecule has 2 aromatic rings. The van der Waals surface area contributed by atoms with Crippen LogP contribution in [-0.2, 0) is 16.6 Å². The Morgan fingerprint density at radius 1 is 1.11 bits per heavy atom. The maximum absolute atomic E-state index is 13.2. The van der Waals surface area contributed by atoms with Crippen LogP contribution < -0.4 is 0 Å². The fraction of sp³-hybridized carbons (Fsp3) is 0.294. The van der Waals surface area contributed by atoms with Gasteiger partial charge in [0.05, 0.1) is 9.82 Å². The Kier molecular flexibility index (Phi) is 5.89. The summed E-state index contributed by atoms with van der Waals surface area (Å²) in [5.41, 5.74) is 0.669. The molecule has 3 rings (SSSR count). The summed E-state index contributed by atoms with van der Waals surface area (Å²) in [6.07, 6.45) is 0. The first-order chi connectivity index (χ1) is 12.8. The lowest BCUT2D eigenvalue weighted by molar-refractivity contribution is -0.385. The zero-order valence-electron chi connectivity index (χ0n) is 14.2. The molecule has 144 valence electrons. The molecule has 0 aliphatic carbocycles. The number of sulfonamides is 1. The van der Waals surface area contributed by atoms with E-state index in [1.54, 1.807) is 6.07 Å². The number of benzene rings is 2. The molecular weight excluding hydrogens is 441 g/mol. The van der Waals surface area contributed by atoms with Crippen molar-refractivity contribution in [2.45, 2.75) is 11.4 Å². The molecule has 1 aliphatic heterocycles. The maximum Gasteiger partial charge on any atom is 0.270 e. The van der Waals surface area contributed by atoms with E-state index in [0.717, 1.165) is 11.6 Å². The van der Waals surface area contributed by atoms with Crippen LogP contribution in [0, 0.1) is 15.9 Å². The second-order valence-electron chi connectivity index (χ2n) is 6.17. The Bertz CT molecular complexity index is 962. The third-order valence-corrected chi connectivity index (χ3v) is 7.04. The van der Waals surface area contributed by atoms with Gasteiger partial charge in [-0.1, -0.05) is 28.1 Å². The predicted octanol–water partition coefficient (Wildman–Crippen LogP) is 3.00. The largest absolute Gasteiger partial charge is 0.296 e. The topological polar surface area (TPSA) is 83.8 Å². The molecule has 27 heavy (non-hydrogen) atoms. The van der Waals surface area contributed by atoms with Gasteiger partial charge in [-0.05, 0) is 23.8 Å². The van der Waals surface area contributed by atoms with Crippen molar-refractivity contribution in [3.05, 3.63) is 68.4 Å². The summed E-state index contributed by atoms with van der Waals surface area (Å²) in [5, 5.41) is 10.9. The smallest absolute Gasteiger partial charge is 0.270 e. The third kappa shape index (κ3) is 4.52. The first-order valence-electron chi connectivity index (χ1n) is 8.18. The van der Waals surface area contributed by atoms with Crippen LogP contribution in [0.15, 0.2) is 51.8 Å². The lowest BCUT2D eigenvalue weighted by Crippen LogP contribution is -2.48. The Morgan fingerprint density at radius 3 is 2.44 bits per heavy atom. The van der Waals surface area contributed by atoms with E-state index in [1.165, 1.54) is 34.6 Å². The summed E-state index contributed by atoms with van der Waals surface area (Å²) < 4.78 is 40.7. The van der Waals surface area contributed by atoms with Gasteiger partial charge in [0, 0.05) is 49.3 Å². The van der Waals surface area contributed by atoms with Crippen molar-refractivity contribution in [2.24, 2.45) is 0 Å². The fourth-order valence-corrected chi connectivity index (χ4v) is 4.86. The van der Waals surface area contributed by atoms with Gasteiger partial charge in [-0.2, -0.15) is 4.31 Å². The number of hydrogen-bond acceptors (Lipinski definition) is 5. The molecule has 0 radical (unpaired) electrons. The minimum absolute atomic E-state index is 0.0774. The summed E-state index contributed by atoms with van der Waals surface area (Å²) in [6.45, 7) is 2.16. The van der Waals surface area contributed by atoms with Crippen LogP contribution in [0.25, 0.3) is 0 Å². The number of hydrogen-bond donors (Lipinski definition) is 0. The van der Waals surface area contributed by atoms with Crippen molar-refractivity contribution in [1.82, 2.24) is 9.21 Å². The fourth-order valence-electron chi connectivity index (χ4n) is 2.93. The highest BCUT2D eigenvalue weighted by Gasteiger charge is 2.29. The van der Waals surface area contributed by atoms with Crippen LogP contribution in [0.2, 0.25) is 0 Å². The minimum Gasteiger partial charge on any atom is -0.296 e. The standard InChI is InChI=1S/C17H17BrFN3O4S/c18-17-10-14(19)5-4-13(17)12-20-6-8-21(9-7-20)27(25,26)16-3-1-2-15(11-16)22(23)24/h1-5,10-11H,6-9,12H2. The highest BCUT2D eigenvalue weighted by Crippen LogP contribution is 2.24. The van der Waals surface area contributed by atoms with E-state index < -0.39 is 14.9 Å². The number of nitro groups is 1. The van der Waals surface area contributed by atoms with Gasteiger partial charge in [-0.15, -0.1) is 0 Å². The average Bonchev–Trinajstić information content (AvgIpc) is 2.64. The van der Waals surface area contributed by atoms with E-state index in [0.29, 0.717) is 24.1 Å². The monoisotopic (exact) mass is 457 g/mol. The lowest BCUT2D eigenvalue weighted by atomic mass is 10.2. The van der Waals surface area contributed by atoms with E-state index >= 15 is 0 Å². The number of nitrogens with zero attached hydrogens (tertiary/aromatic N) is 3. The van der Waals surface area contributed by atoms with Crippen molar-refractivity contribution >= 4 is 31.6 Å². The van der Waals surface area contributed by atoms with Gasteiger partial charge in [0.2, 0.25) is 10.0 Å². The highest BCUT2D eigenvalue weighted by atomic mass is 79.9. The van der Waals surface area contributed by atoms with Gasteiger partial charge in [0.25, 0.3) is 5.69 Å². The molecule has 1 aliphatic rings. The maximum atomic E-state index is 13.2. The van der Waals surface area contributed by atoms with Crippen LogP contribution in [0.3, 0.4) is 0 Å². The summed E-state index contributed by atoms with van der Waals surface area (Å²) in [5.74, 6) is -0.321. The second-order valence-corrected chi connectivity index (χ2v) is 8.96. The quantitative estimate of drug-likeness (QED) is 0.508. The number of nitro benzene ring substituents is 1. The molecule has 0 atom stereocenters. The first-order valence-corrected chi connectivity index (χ1v) is 10.4. The van der Waals surface area contributed by atoms with Crippen molar-refractivity contribution in [1.29, 1.82) is 0 Å². The Labute approximate surface area is 164 Å². The van der Waals surface area contributed by atoms with Gasteiger partial charge in [-0.3, -0.25) is 15.0 Å². The van der Waals surface area contributed by atoms with Crippen LogP contribution in [-0.4, -0.2) is 48.7 Å². The van der Waals surface area contributed by atoms with E-state index in [4.69, 9.17) is 0 Å². The molecule has 0 amide bonds. The highest BCUT2D eigenvalue weighted by molar-refractivity contribution is 9.10. The van der Waals surface area contributed by atoms with Crippen molar-refractivity contribution in [3.8, 4) is 0 Å². The summed E-state index contributed by atoms with van der Waals surface area (Å²) >= 11 is 3.34. The molecule has 0 aromatic heterocycles. The zero-order chi connectivity index (χ0) is 19.6. The molecule has 1 heterocycles. The van der Waals surface area contributed by atoms with E-state index in [2.05, 4.69) is 20.8 Å². The number of halogens is 2. The number of rotatable bonds is 5. The molecule has 0 N–H and O–H groups in total. The summed E-state index contributed by atoms with van der Waals surface area (Å²) in [6, 6.07) is 9.57. The second kappa shape index (κ2) is 8.01. The van der Waals surface area contributed by atoms with Crippen molar-refractivity contribution in [2.75, 3.05) is 26.2 Å². The molecule has 0 saturated carbocycles. The van der Waals surface area contributed by atoms with Gasteiger partial charge >= 0.3 is 0 Å². The van der Waals surface area contributed by atoms with Crippen LogP contribution in [0.5, 0.6) is 0 Å². The third-order valence-electron chi connectivity index (χ3n) is 4.41. The molecule has 0 spiro atoms. The summed E-state index contributed by atoms with van der Waals surface area (Å²) in [7, 11) is -3.78. The SMILES string of the molecule is O=[N+]([O-])c1cccc(S(=O)(=O)N2CCN(Cc3ccc(F)cc3Br)CC2)c1. The Morgan fingerprint density at radius 2 is 1.81 bits per heavy atom. The number of non-ortho nitro benzene ring substituents is 1. The molecule has 0 unspecified atom stereocenters. The Hall–Kier alpha value is -1.88. The molecule has 10 heteroatoms. The molecule has 1 fully saturated rings. The Balaban J connectivity index is 1.67. The van der Waals surface area contributed by atoms with Crippen molar-refractivity contribution in [3.63, 3.8) is 0 Å². The normalized spacial score (nSPS) is 16.4. The van der Waals surface area contributed by atoms with Gasteiger partial charge in [0.15, 0.2) is 0 Å². The minimum atomic E-state index is -3.78. The predicted molar refractivity (Wildman–Crippen MR) is 101 cm³/mol. The lowest BCUT2D eigenvalue weighted by Gasteiger charge is -2.34. The summed E-state index contributed by atoms with van der Waals surface area (Å²) in [4.78, 5) is 12.3. The first kappa shape index (κ1) is 19.9. The molecule has 1 saturated heterocycles. The molecule has 7 nitrogen and oxygen atoms in total. The van der Waals surface area contributed by atoms with Gasteiger partial charge < -0.3 is 0 Å². The zero-order valence-corrected chi connectivity index (χ0v) is 16.6. The molecule has 0 bridgehead atoms. The molecule has 2 aromatic carbocycles. The van der Waals surface area contributed by atoms with E-state index in [-0.39, 0.29) is 29.5 Å². The van der Waals surface area contributed by atoms with E-state index in [9.17, 15) is 22.9 Å². The van der Waals surface area contributed by atoms with Crippen LogP contribution in [0.4, 0.5) is 10.1 Å². The van der Waals surface area contributed by atoms with Crippen molar-refractivity contribution < 1.29 is 17.7 Å². The average molecular weight is 458 g/mol. The van der Waals surface area contributed by atoms with Gasteiger partial charge in [0.1, 0.15) is 5.82 Å². The van der Waals surface area contributed by atoms with Gasteiger partial charge in [-0.25, -0.2) is 12.8 Å². The number of piperazine rings is 1.